The molecular formula is C6H3BrClIS. The van der Waals surface area contributed by atoms with E-state index in [-0.39, 0.29) is 0 Å². The highest BCUT2D eigenvalue weighted by molar-refractivity contribution is 14.1. The van der Waals surface area contributed by atoms with E-state index in [2.05, 4.69) is 51.1 Å². The second kappa shape index (κ2) is 3.65. The van der Waals surface area contributed by atoms with Crippen LogP contribution in [-0.4, -0.2) is 0 Å². The van der Waals surface area contributed by atoms with E-state index in [0.717, 1.165) is 12.9 Å². The van der Waals surface area contributed by atoms with Crippen LogP contribution in [0.3, 0.4) is 0 Å². The van der Waals surface area contributed by atoms with Gasteiger partial charge in [-0.2, -0.15) is 0 Å². The van der Waals surface area contributed by atoms with E-state index in [1.807, 2.05) is 12.1 Å². The van der Waals surface area contributed by atoms with Gasteiger partial charge in [-0.1, -0.05) is 11.6 Å². The van der Waals surface area contributed by atoms with Crippen LogP contribution in [0.5, 0.6) is 0 Å². The molecule has 0 amide bonds. The van der Waals surface area contributed by atoms with Gasteiger partial charge in [-0.05, 0) is 50.7 Å². The minimum atomic E-state index is 0.705. The Bertz CT molecular complexity index is 241. The maximum absolute atomic E-state index is 5.82. The molecule has 4 heteroatoms. The third kappa shape index (κ3) is 2.03. The highest BCUT2D eigenvalue weighted by Gasteiger charge is 2.01. The van der Waals surface area contributed by atoms with Crippen molar-refractivity contribution in [3.05, 3.63) is 25.2 Å². The third-order valence-electron chi connectivity index (χ3n) is 0.974. The van der Waals surface area contributed by atoms with Crippen LogP contribution >= 0.6 is 62.8 Å². The van der Waals surface area contributed by atoms with Crippen LogP contribution in [0.4, 0.5) is 0 Å². The van der Waals surface area contributed by atoms with Crippen molar-refractivity contribution in [2.45, 2.75) is 4.90 Å². The molecular weight excluding hydrogens is 346 g/mol. The molecule has 0 aliphatic rings. The van der Waals surface area contributed by atoms with Gasteiger partial charge < -0.3 is 0 Å². The van der Waals surface area contributed by atoms with Gasteiger partial charge in [0, 0.05) is 12.9 Å². The van der Waals surface area contributed by atoms with Crippen LogP contribution in [-0.2, 0) is 0 Å². The van der Waals surface area contributed by atoms with Crippen molar-refractivity contribution in [3.63, 3.8) is 0 Å². The van der Waals surface area contributed by atoms with Gasteiger partial charge in [-0.25, -0.2) is 0 Å². The van der Waals surface area contributed by atoms with Crippen LogP contribution in [0.15, 0.2) is 21.5 Å². The summed E-state index contributed by atoms with van der Waals surface area (Å²) >= 11 is 15.5. The quantitative estimate of drug-likeness (QED) is 0.409. The van der Waals surface area contributed by atoms with Crippen molar-refractivity contribution < 1.29 is 0 Å². The minimum absolute atomic E-state index is 0.705. The Morgan fingerprint density at radius 3 is 2.60 bits per heavy atom. The standard InChI is InChI=1S/C6H3BrClIS/c7-6-4(8)1-3(9)2-5(6)10/h1-2,10H. The summed E-state index contributed by atoms with van der Waals surface area (Å²) in [5.74, 6) is 0. The fraction of sp³-hybridized carbons (Fsp3) is 0. The average molecular weight is 349 g/mol. The number of hydrogen-bond acceptors (Lipinski definition) is 1. The largest absolute Gasteiger partial charge is 0.142 e. The number of halogens is 3. The molecule has 0 aromatic heterocycles. The van der Waals surface area contributed by atoms with Crippen LogP contribution in [0, 0.1) is 3.57 Å². The average Bonchev–Trinajstić information content (AvgIpc) is 1.82. The molecule has 1 aromatic rings. The lowest BCUT2D eigenvalue weighted by Gasteiger charge is -1.99. The SMILES string of the molecule is Sc1cc(I)cc(Cl)c1Br. The maximum Gasteiger partial charge on any atom is 0.0569 e. The van der Waals surface area contributed by atoms with E-state index >= 15 is 0 Å². The number of thiol groups is 1. The molecule has 54 valence electrons. The molecule has 0 spiro atoms. The summed E-state index contributed by atoms with van der Waals surface area (Å²) in [6, 6.07) is 3.82. The van der Waals surface area contributed by atoms with Crippen LogP contribution in [0.25, 0.3) is 0 Å². The third-order valence-corrected chi connectivity index (χ3v) is 3.64. The first-order chi connectivity index (χ1) is 4.61. The number of hydrogen-bond donors (Lipinski definition) is 1. The van der Waals surface area contributed by atoms with Gasteiger partial charge in [0.2, 0.25) is 0 Å². The maximum atomic E-state index is 5.82. The molecule has 0 nitrogen and oxygen atoms in total. The van der Waals surface area contributed by atoms with Crippen molar-refractivity contribution in [2.75, 3.05) is 0 Å². The molecule has 1 aromatic carbocycles. The van der Waals surface area contributed by atoms with Crippen molar-refractivity contribution in [3.8, 4) is 0 Å². The summed E-state index contributed by atoms with van der Waals surface area (Å²) in [6.07, 6.45) is 0. The lowest BCUT2D eigenvalue weighted by molar-refractivity contribution is 1.39. The molecule has 1 rings (SSSR count). The van der Waals surface area contributed by atoms with Gasteiger partial charge in [-0.15, -0.1) is 12.6 Å². The minimum Gasteiger partial charge on any atom is -0.142 e. The monoisotopic (exact) mass is 348 g/mol. The molecule has 0 N–H and O–H groups in total. The van der Waals surface area contributed by atoms with Gasteiger partial charge in [0.25, 0.3) is 0 Å². The Morgan fingerprint density at radius 1 is 1.50 bits per heavy atom. The van der Waals surface area contributed by atoms with Crippen LogP contribution in [0.1, 0.15) is 0 Å². The first kappa shape index (κ1) is 9.16. The van der Waals surface area contributed by atoms with Crippen molar-refractivity contribution >= 4 is 62.8 Å². The normalized spacial score (nSPS) is 10.0. The summed E-state index contributed by atoms with van der Waals surface area (Å²) in [5, 5.41) is 0.705. The van der Waals surface area contributed by atoms with Gasteiger partial charge >= 0.3 is 0 Å². The molecule has 0 saturated heterocycles. The fourth-order valence-corrected chi connectivity index (χ4v) is 2.37. The molecule has 0 atom stereocenters. The molecule has 0 heterocycles. The second-order valence-corrected chi connectivity index (χ2v) is 4.65. The van der Waals surface area contributed by atoms with Gasteiger partial charge in [0.05, 0.1) is 5.02 Å². The molecule has 0 unspecified atom stereocenters. The molecule has 0 aliphatic carbocycles. The van der Waals surface area contributed by atoms with E-state index in [1.54, 1.807) is 0 Å². The molecule has 0 aliphatic heterocycles. The first-order valence-corrected chi connectivity index (χ1v) is 5.14. The molecule has 0 bridgehead atoms. The van der Waals surface area contributed by atoms with E-state index in [1.165, 1.54) is 0 Å². The van der Waals surface area contributed by atoms with Crippen LogP contribution in [0.2, 0.25) is 5.02 Å². The Labute approximate surface area is 92.0 Å². The lowest BCUT2D eigenvalue weighted by Crippen LogP contribution is -1.75. The molecule has 0 saturated carbocycles. The van der Waals surface area contributed by atoms with Crippen molar-refractivity contribution in [2.24, 2.45) is 0 Å². The zero-order valence-corrected chi connectivity index (χ0v) is 10.1. The van der Waals surface area contributed by atoms with E-state index < -0.39 is 0 Å². The van der Waals surface area contributed by atoms with Crippen molar-refractivity contribution in [1.82, 2.24) is 0 Å². The van der Waals surface area contributed by atoms with Gasteiger partial charge in [-0.3, -0.25) is 0 Å². The van der Waals surface area contributed by atoms with E-state index in [9.17, 15) is 0 Å². The predicted octanol–water partition coefficient (Wildman–Crippen LogP) is 4.00. The van der Waals surface area contributed by atoms with Gasteiger partial charge in [0.15, 0.2) is 0 Å². The first-order valence-electron chi connectivity index (χ1n) is 2.45. The summed E-state index contributed by atoms with van der Waals surface area (Å²) in [7, 11) is 0. The zero-order valence-electron chi connectivity index (χ0n) is 4.74. The highest BCUT2D eigenvalue weighted by Crippen LogP contribution is 2.30. The summed E-state index contributed by atoms with van der Waals surface area (Å²) in [5.41, 5.74) is 0. The fourth-order valence-electron chi connectivity index (χ4n) is 0.542. The summed E-state index contributed by atoms with van der Waals surface area (Å²) in [4.78, 5) is 0.872. The Kier molecular flexibility index (Phi) is 3.34. The van der Waals surface area contributed by atoms with Crippen LogP contribution < -0.4 is 0 Å². The zero-order chi connectivity index (χ0) is 7.72. The Balaban J connectivity index is 3.31. The Morgan fingerprint density at radius 2 is 2.10 bits per heavy atom. The van der Waals surface area contributed by atoms with Gasteiger partial charge in [0.1, 0.15) is 0 Å². The Hall–Kier alpha value is 1.07. The van der Waals surface area contributed by atoms with Crippen molar-refractivity contribution in [1.29, 1.82) is 0 Å². The molecule has 0 radical (unpaired) electrons. The van der Waals surface area contributed by atoms with E-state index in [4.69, 9.17) is 11.6 Å². The lowest BCUT2D eigenvalue weighted by atomic mass is 10.4. The van der Waals surface area contributed by atoms with E-state index in [0.29, 0.717) is 5.02 Å². The summed E-state index contributed by atoms with van der Waals surface area (Å²) < 4.78 is 1.95. The highest BCUT2D eigenvalue weighted by atomic mass is 127. The molecule has 10 heavy (non-hydrogen) atoms. The topological polar surface area (TPSA) is 0 Å². The second-order valence-electron chi connectivity index (χ2n) is 1.72. The number of benzene rings is 1. The summed E-state index contributed by atoms with van der Waals surface area (Å²) in [6.45, 7) is 0. The molecule has 0 fully saturated rings. The predicted molar refractivity (Wildman–Crippen MR) is 59.1 cm³/mol. The smallest absolute Gasteiger partial charge is 0.0569 e. The number of rotatable bonds is 0.